The molecule has 0 unspecified atom stereocenters. The minimum absolute atomic E-state index is 0.0290. The number of carbonyl (C=O) groups is 1. The van der Waals surface area contributed by atoms with E-state index in [9.17, 15) is 21.6 Å². The summed E-state index contributed by atoms with van der Waals surface area (Å²) in [5, 5.41) is 2.69. The lowest BCUT2D eigenvalue weighted by Crippen LogP contribution is -2.14. The standard InChI is InChI=1S/C18H18N4O6S2/c1-29(24,25)22-12-4-7-14(8-5-12)30(26,27)28-13-6-9-15-16(10-13)20-18(19-15)21-17(23)11-2-3-11/h4-11,22H,2-3H2,1H3,(H2,19,20,21,23). The molecule has 0 bridgehead atoms. The van der Waals surface area contributed by atoms with Crippen LogP contribution in [0.1, 0.15) is 12.8 Å². The summed E-state index contributed by atoms with van der Waals surface area (Å²) < 4.78 is 55.0. The van der Waals surface area contributed by atoms with Gasteiger partial charge in [-0.05, 0) is 49.2 Å². The normalized spacial score (nSPS) is 14.4. The minimum Gasteiger partial charge on any atom is -0.379 e. The lowest BCUT2D eigenvalue weighted by Gasteiger charge is -2.08. The maximum absolute atomic E-state index is 12.5. The van der Waals surface area contributed by atoms with Gasteiger partial charge in [0.25, 0.3) is 0 Å². The SMILES string of the molecule is CS(=O)(=O)Nc1ccc(S(=O)(=O)Oc2ccc3nc(NC(=O)C4CC4)[nH]c3c2)cc1. The highest BCUT2D eigenvalue weighted by molar-refractivity contribution is 7.92. The Balaban J connectivity index is 1.51. The number of rotatable bonds is 7. The number of nitrogens with zero attached hydrogens (tertiary/aromatic N) is 1. The first-order valence-corrected chi connectivity index (χ1v) is 12.2. The van der Waals surface area contributed by atoms with Crippen LogP contribution in [0.2, 0.25) is 0 Å². The summed E-state index contributed by atoms with van der Waals surface area (Å²) in [6.45, 7) is 0. The van der Waals surface area contributed by atoms with Gasteiger partial charge in [0, 0.05) is 17.7 Å². The maximum Gasteiger partial charge on any atom is 0.339 e. The van der Waals surface area contributed by atoms with Crippen molar-refractivity contribution in [2.75, 3.05) is 16.3 Å². The van der Waals surface area contributed by atoms with Gasteiger partial charge in [-0.1, -0.05) is 0 Å². The number of anilines is 2. The minimum atomic E-state index is -4.14. The molecule has 1 aliphatic rings. The number of carbonyl (C=O) groups excluding carboxylic acids is 1. The Morgan fingerprint density at radius 1 is 1.10 bits per heavy atom. The number of benzene rings is 2. The highest BCUT2D eigenvalue weighted by atomic mass is 32.2. The van der Waals surface area contributed by atoms with Crippen LogP contribution in [0.15, 0.2) is 47.4 Å². The summed E-state index contributed by atoms with van der Waals surface area (Å²) in [4.78, 5) is 18.9. The van der Waals surface area contributed by atoms with Crippen LogP contribution in [0.5, 0.6) is 5.75 Å². The topological polar surface area (TPSA) is 147 Å². The van der Waals surface area contributed by atoms with Gasteiger partial charge in [-0.2, -0.15) is 8.42 Å². The van der Waals surface area contributed by atoms with Crippen molar-refractivity contribution >= 4 is 48.7 Å². The van der Waals surface area contributed by atoms with E-state index in [1.54, 1.807) is 6.07 Å². The molecule has 12 heteroatoms. The molecule has 0 aliphatic heterocycles. The molecule has 1 saturated carbocycles. The van der Waals surface area contributed by atoms with Gasteiger partial charge in [0.2, 0.25) is 21.9 Å². The fraction of sp³-hybridized carbons (Fsp3) is 0.222. The molecule has 1 amide bonds. The molecule has 0 saturated heterocycles. The van der Waals surface area contributed by atoms with Crippen molar-refractivity contribution in [3.8, 4) is 5.75 Å². The molecule has 158 valence electrons. The molecule has 0 spiro atoms. The second-order valence-corrected chi connectivity index (χ2v) is 10.3. The molecular formula is C18H18N4O6S2. The van der Waals surface area contributed by atoms with Gasteiger partial charge in [0.05, 0.1) is 17.3 Å². The van der Waals surface area contributed by atoms with E-state index in [4.69, 9.17) is 4.18 Å². The lowest BCUT2D eigenvalue weighted by atomic mass is 10.3. The van der Waals surface area contributed by atoms with E-state index < -0.39 is 20.1 Å². The Morgan fingerprint density at radius 3 is 2.43 bits per heavy atom. The predicted molar refractivity (Wildman–Crippen MR) is 110 cm³/mol. The zero-order chi connectivity index (χ0) is 21.5. The van der Waals surface area contributed by atoms with Crippen LogP contribution in [0.3, 0.4) is 0 Å². The first-order valence-electron chi connectivity index (χ1n) is 8.92. The van der Waals surface area contributed by atoms with Crippen LogP contribution in [-0.2, 0) is 24.9 Å². The van der Waals surface area contributed by atoms with Crippen LogP contribution in [0, 0.1) is 5.92 Å². The molecule has 1 fully saturated rings. The van der Waals surface area contributed by atoms with Crippen LogP contribution >= 0.6 is 0 Å². The smallest absolute Gasteiger partial charge is 0.339 e. The first-order chi connectivity index (χ1) is 14.1. The van der Waals surface area contributed by atoms with Gasteiger partial charge in [0.1, 0.15) is 10.6 Å². The van der Waals surface area contributed by atoms with Gasteiger partial charge < -0.3 is 9.17 Å². The molecule has 1 aromatic heterocycles. The van der Waals surface area contributed by atoms with Crippen LogP contribution in [-0.4, -0.2) is 39.0 Å². The number of nitrogens with one attached hydrogen (secondary N) is 3. The molecule has 2 aromatic carbocycles. The zero-order valence-electron chi connectivity index (χ0n) is 15.7. The summed E-state index contributed by atoms with van der Waals surface area (Å²) in [5.41, 5.74) is 1.28. The second kappa shape index (κ2) is 7.29. The van der Waals surface area contributed by atoms with Crippen molar-refractivity contribution in [2.45, 2.75) is 17.7 Å². The highest BCUT2D eigenvalue weighted by Crippen LogP contribution is 2.30. The third-order valence-electron chi connectivity index (χ3n) is 4.30. The number of aromatic amines is 1. The number of aromatic nitrogens is 2. The number of sulfonamides is 1. The van der Waals surface area contributed by atoms with Crippen molar-refractivity contribution in [1.82, 2.24) is 9.97 Å². The molecular weight excluding hydrogens is 432 g/mol. The Kier molecular flexibility index (Phi) is 4.90. The summed E-state index contributed by atoms with van der Waals surface area (Å²) >= 11 is 0. The Hall–Kier alpha value is -3.12. The van der Waals surface area contributed by atoms with Gasteiger partial charge in [-0.15, -0.1) is 0 Å². The molecule has 3 N–H and O–H groups in total. The summed E-state index contributed by atoms with van der Waals surface area (Å²) in [6.07, 6.45) is 2.73. The molecule has 10 nitrogen and oxygen atoms in total. The van der Waals surface area contributed by atoms with Gasteiger partial charge in [-0.25, -0.2) is 13.4 Å². The molecule has 3 aromatic rings. The lowest BCUT2D eigenvalue weighted by molar-refractivity contribution is -0.117. The second-order valence-electron chi connectivity index (χ2n) is 6.96. The molecule has 0 atom stereocenters. The van der Waals surface area contributed by atoms with Crippen molar-refractivity contribution in [3.05, 3.63) is 42.5 Å². The number of amides is 1. The Labute approximate surface area is 172 Å². The zero-order valence-corrected chi connectivity index (χ0v) is 17.4. The highest BCUT2D eigenvalue weighted by Gasteiger charge is 2.30. The Morgan fingerprint density at radius 2 is 1.80 bits per heavy atom. The van der Waals surface area contributed by atoms with Crippen LogP contribution < -0.4 is 14.2 Å². The Bertz CT molecular complexity index is 1330. The van der Waals surface area contributed by atoms with Crippen molar-refractivity contribution < 1.29 is 25.8 Å². The van der Waals surface area contributed by atoms with E-state index in [-0.39, 0.29) is 34.1 Å². The summed E-state index contributed by atoms with van der Waals surface area (Å²) in [5.74, 6) is 0.281. The maximum atomic E-state index is 12.5. The van der Waals surface area contributed by atoms with Crippen LogP contribution in [0.25, 0.3) is 11.0 Å². The fourth-order valence-corrected chi connectivity index (χ4v) is 4.23. The number of hydrogen-bond acceptors (Lipinski definition) is 7. The summed E-state index contributed by atoms with van der Waals surface area (Å²) in [6, 6.07) is 9.61. The third kappa shape index (κ3) is 4.71. The van der Waals surface area contributed by atoms with E-state index in [0.29, 0.717) is 11.0 Å². The monoisotopic (exact) mass is 450 g/mol. The molecule has 0 radical (unpaired) electrons. The van der Waals surface area contributed by atoms with E-state index >= 15 is 0 Å². The third-order valence-corrected chi connectivity index (χ3v) is 6.16. The van der Waals surface area contributed by atoms with Gasteiger partial charge >= 0.3 is 10.1 Å². The van der Waals surface area contributed by atoms with E-state index in [2.05, 4.69) is 20.0 Å². The average molecular weight is 450 g/mol. The number of hydrogen-bond donors (Lipinski definition) is 3. The van der Waals surface area contributed by atoms with Crippen molar-refractivity contribution in [3.63, 3.8) is 0 Å². The fourth-order valence-electron chi connectivity index (χ4n) is 2.74. The number of H-pyrrole nitrogens is 1. The van der Waals surface area contributed by atoms with Crippen molar-refractivity contribution in [2.24, 2.45) is 5.92 Å². The number of fused-ring (bicyclic) bond motifs is 1. The molecule has 30 heavy (non-hydrogen) atoms. The van der Waals surface area contributed by atoms with Crippen molar-refractivity contribution in [1.29, 1.82) is 0 Å². The molecule has 4 rings (SSSR count). The molecule has 1 aliphatic carbocycles. The van der Waals surface area contributed by atoms with E-state index in [1.807, 2.05) is 0 Å². The molecule has 1 heterocycles. The van der Waals surface area contributed by atoms with Gasteiger partial charge in [0.15, 0.2) is 0 Å². The largest absolute Gasteiger partial charge is 0.379 e. The first kappa shape index (κ1) is 20.2. The predicted octanol–water partition coefficient (Wildman–Crippen LogP) is 2.05. The van der Waals surface area contributed by atoms with E-state index in [1.165, 1.54) is 36.4 Å². The number of imidazole rings is 1. The van der Waals surface area contributed by atoms with Crippen LogP contribution in [0.4, 0.5) is 11.6 Å². The quantitative estimate of drug-likeness (QED) is 0.467. The van der Waals surface area contributed by atoms with E-state index in [0.717, 1.165) is 19.1 Å². The summed E-state index contributed by atoms with van der Waals surface area (Å²) in [7, 11) is -7.61. The van der Waals surface area contributed by atoms with Gasteiger partial charge in [-0.3, -0.25) is 14.8 Å². The average Bonchev–Trinajstić information content (AvgIpc) is 3.42.